The van der Waals surface area contributed by atoms with Crippen LogP contribution < -0.4 is 10.6 Å². The van der Waals surface area contributed by atoms with E-state index in [0.717, 1.165) is 36.4 Å². The first-order valence-corrected chi connectivity index (χ1v) is 7.56. The van der Waals surface area contributed by atoms with Gasteiger partial charge in [-0.05, 0) is 62.4 Å². The molecule has 2 N–H and O–H groups in total. The van der Waals surface area contributed by atoms with E-state index in [1.807, 2.05) is 0 Å². The molecule has 0 spiro atoms. The summed E-state index contributed by atoms with van der Waals surface area (Å²) in [6.45, 7) is 2.73. The summed E-state index contributed by atoms with van der Waals surface area (Å²) >= 11 is 0. The van der Waals surface area contributed by atoms with E-state index in [0.29, 0.717) is 5.69 Å². The Morgan fingerprint density at radius 1 is 0.769 bits per heavy atom. The summed E-state index contributed by atoms with van der Waals surface area (Å²) in [5.41, 5.74) is -1.92. The van der Waals surface area contributed by atoms with Crippen molar-refractivity contribution in [2.24, 2.45) is 5.41 Å². The standard InChI is InChI=1S/C18H16F4N2O2/c1-17(2,16(26)24-14-9-5-12(19)6-10-14)15(25)23-13-7-3-11(4-8-13)18(20,21)22/h3-10H,1-2H3,(H,23,25)(H,24,26). The van der Waals surface area contributed by atoms with Gasteiger partial charge in [0.25, 0.3) is 0 Å². The van der Waals surface area contributed by atoms with Crippen LogP contribution in [0.4, 0.5) is 28.9 Å². The lowest BCUT2D eigenvalue weighted by molar-refractivity contribution is -0.137. The predicted molar refractivity (Wildman–Crippen MR) is 88.9 cm³/mol. The summed E-state index contributed by atoms with van der Waals surface area (Å²) in [6, 6.07) is 8.88. The second-order valence-electron chi connectivity index (χ2n) is 6.12. The Bertz CT molecular complexity index is 797. The summed E-state index contributed by atoms with van der Waals surface area (Å²) in [4.78, 5) is 24.7. The Morgan fingerprint density at radius 2 is 1.15 bits per heavy atom. The third-order valence-electron chi connectivity index (χ3n) is 3.71. The first kappa shape index (κ1) is 19.4. The number of nitrogens with one attached hydrogen (secondary N) is 2. The van der Waals surface area contributed by atoms with Crippen LogP contribution in [0.3, 0.4) is 0 Å². The van der Waals surface area contributed by atoms with Crippen molar-refractivity contribution in [1.29, 1.82) is 0 Å². The van der Waals surface area contributed by atoms with Gasteiger partial charge < -0.3 is 10.6 Å². The molecule has 2 amide bonds. The highest BCUT2D eigenvalue weighted by atomic mass is 19.4. The molecule has 0 unspecified atom stereocenters. The van der Waals surface area contributed by atoms with Crippen LogP contribution >= 0.6 is 0 Å². The molecule has 0 radical (unpaired) electrons. The molecule has 0 aromatic heterocycles. The molecule has 0 saturated heterocycles. The summed E-state index contributed by atoms with van der Waals surface area (Å²) in [6.07, 6.45) is -4.48. The van der Waals surface area contributed by atoms with Gasteiger partial charge in [-0.15, -0.1) is 0 Å². The number of rotatable bonds is 4. The van der Waals surface area contributed by atoms with Gasteiger partial charge in [0.2, 0.25) is 11.8 Å². The van der Waals surface area contributed by atoms with Gasteiger partial charge in [0.05, 0.1) is 5.56 Å². The number of alkyl halides is 3. The Hall–Kier alpha value is -2.90. The normalized spacial score (nSPS) is 11.8. The van der Waals surface area contributed by atoms with Crippen LogP contribution in [0, 0.1) is 11.2 Å². The number of amides is 2. The zero-order valence-corrected chi connectivity index (χ0v) is 13.9. The van der Waals surface area contributed by atoms with Crippen LogP contribution in [0.1, 0.15) is 19.4 Å². The molecule has 0 saturated carbocycles. The Balaban J connectivity index is 2.06. The van der Waals surface area contributed by atoms with E-state index in [1.165, 1.54) is 26.0 Å². The van der Waals surface area contributed by atoms with Crippen LogP contribution in [0.5, 0.6) is 0 Å². The minimum atomic E-state index is -4.48. The number of hydrogen-bond acceptors (Lipinski definition) is 2. The fraction of sp³-hybridized carbons (Fsp3) is 0.222. The Labute approximate surface area is 147 Å². The molecule has 0 heterocycles. The molecule has 138 valence electrons. The molecule has 2 rings (SSSR count). The summed E-state index contributed by atoms with van der Waals surface area (Å²) in [7, 11) is 0. The minimum Gasteiger partial charge on any atom is -0.325 e. The van der Waals surface area contributed by atoms with Gasteiger partial charge in [-0.1, -0.05) is 0 Å². The van der Waals surface area contributed by atoms with Gasteiger partial charge in [-0.25, -0.2) is 4.39 Å². The molecule has 26 heavy (non-hydrogen) atoms. The first-order valence-electron chi connectivity index (χ1n) is 7.56. The van der Waals surface area contributed by atoms with Gasteiger partial charge in [0.1, 0.15) is 11.2 Å². The molecule has 2 aromatic rings. The summed E-state index contributed by atoms with van der Waals surface area (Å²) in [5, 5.41) is 4.90. The summed E-state index contributed by atoms with van der Waals surface area (Å²) in [5.74, 6) is -1.81. The van der Waals surface area contributed by atoms with Crippen LogP contribution in [0.2, 0.25) is 0 Å². The molecule has 8 heteroatoms. The molecule has 0 bridgehead atoms. The highest BCUT2D eigenvalue weighted by Gasteiger charge is 2.36. The molecule has 4 nitrogen and oxygen atoms in total. The van der Waals surface area contributed by atoms with Gasteiger partial charge in [0, 0.05) is 11.4 Å². The Morgan fingerprint density at radius 3 is 1.54 bits per heavy atom. The van der Waals surface area contributed by atoms with Gasteiger partial charge in [-0.3, -0.25) is 9.59 Å². The molecular formula is C18H16F4N2O2. The average molecular weight is 368 g/mol. The second kappa shape index (κ2) is 7.15. The van der Waals surface area contributed by atoms with Crippen molar-refractivity contribution in [2.75, 3.05) is 10.6 Å². The van der Waals surface area contributed by atoms with Crippen molar-refractivity contribution in [3.8, 4) is 0 Å². The maximum Gasteiger partial charge on any atom is 0.416 e. The monoisotopic (exact) mass is 368 g/mol. The smallest absolute Gasteiger partial charge is 0.325 e. The first-order chi connectivity index (χ1) is 12.0. The molecule has 0 aliphatic carbocycles. The van der Waals surface area contributed by atoms with Gasteiger partial charge in [-0.2, -0.15) is 13.2 Å². The van der Waals surface area contributed by atoms with E-state index < -0.39 is 34.8 Å². The number of benzene rings is 2. The van der Waals surface area contributed by atoms with E-state index in [9.17, 15) is 27.2 Å². The lowest BCUT2D eigenvalue weighted by Crippen LogP contribution is -2.41. The molecule has 0 aliphatic rings. The molecule has 0 aliphatic heterocycles. The Kier molecular flexibility index (Phi) is 5.34. The zero-order valence-electron chi connectivity index (χ0n) is 13.9. The minimum absolute atomic E-state index is 0.130. The van der Waals surface area contributed by atoms with Gasteiger partial charge >= 0.3 is 6.18 Å². The molecule has 0 fully saturated rings. The van der Waals surface area contributed by atoms with E-state index in [4.69, 9.17) is 0 Å². The fourth-order valence-electron chi connectivity index (χ4n) is 1.95. The van der Waals surface area contributed by atoms with Crippen molar-refractivity contribution >= 4 is 23.2 Å². The number of carbonyl (C=O) groups excluding carboxylic acids is 2. The zero-order chi connectivity index (χ0) is 19.5. The van der Waals surface area contributed by atoms with Crippen molar-refractivity contribution in [3.63, 3.8) is 0 Å². The molecular weight excluding hydrogens is 352 g/mol. The van der Waals surface area contributed by atoms with Crippen molar-refractivity contribution in [2.45, 2.75) is 20.0 Å². The quantitative estimate of drug-likeness (QED) is 0.619. The highest BCUT2D eigenvalue weighted by Crippen LogP contribution is 2.30. The number of anilines is 2. The van der Waals surface area contributed by atoms with E-state index in [1.54, 1.807) is 0 Å². The predicted octanol–water partition coefficient (Wildman–Crippen LogP) is 4.45. The summed E-state index contributed by atoms with van der Waals surface area (Å²) < 4.78 is 50.5. The van der Waals surface area contributed by atoms with Crippen molar-refractivity contribution in [3.05, 3.63) is 59.9 Å². The largest absolute Gasteiger partial charge is 0.416 e. The number of hydrogen-bond donors (Lipinski definition) is 2. The maximum atomic E-state index is 12.9. The highest BCUT2D eigenvalue weighted by molar-refractivity contribution is 6.13. The molecule has 2 aromatic carbocycles. The third kappa shape index (κ3) is 4.59. The lowest BCUT2D eigenvalue weighted by atomic mass is 9.90. The maximum absolute atomic E-state index is 12.9. The van der Waals surface area contributed by atoms with E-state index in [-0.39, 0.29) is 5.69 Å². The topological polar surface area (TPSA) is 58.2 Å². The average Bonchev–Trinajstić information content (AvgIpc) is 2.56. The molecule has 0 atom stereocenters. The van der Waals surface area contributed by atoms with Crippen molar-refractivity contribution in [1.82, 2.24) is 0 Å². The van der Waals surface area contributed by atoms with E-state index >= 15 is 0 Å². The van der Waals surface area contributed by atoms with E-state index in [2.05, 4.69) is 10.6 Å². The third-order valence-corrected chi connectivity index (χ3v) is 3.71. The van der Waals surface area contributed by atoms with Crippen molar-refractivity contribution < 1.29 is 27.2 Å². The van der Waals surface area contributed by atoms with Gasteiger partial charge in [0.15, 0.2) is 0 Å². The second-order valence-corrected chi connectivity index (χ2v) is 6.12. The van der Waals surface area contributed by atoms with Crippen LogP contribution in [-0.4, -0.2) is 11.8 Å². The fourth-order valence-corrected chi connectivity index (χ4v) is 1.95. The SMILES string of the molecule is CC(C)(C(=O)Nc1ccc(F)cc1)C(=O)Nc1ccc(C(F)(F)F)cc1. The number of carbonyl (C=O) groups is 2. The van der Waals surface area contributed by atoms with Crippen LogP contribution in [0.15, 0.2) is 48.5 Å². The van der Waals surface area contributed by atoms with Crippen LogP contribution in [-0.2, 0) is 15.8 Å². The van der Waals surface area contributed by atoms with Crippen LogP contribution in [0.25, 0.3) is 0 Å². The lowest BCUT2D eigenvalue weighted by Gasteiger charge is -2.23. The number of halogens is 4.